The van der Waals surface area contributed by atoms with Gasteiger partial charge in [-0.25, -0.2) is 4.79 Å². The Labute approximate surface area is 180 Å². The monoisotopic (exact) mass is 433 g/mol. The van der Waals surface area contributed by atoms with Gasteiger partial charge in [0.1, 0.15) is 6.61 Å². The summed E-state index contributed by atoms with van der Waals surface area (Å²) in [6.07, 6.45) is 0.637. The maximum absolute atomic E-state index is 12.0. The zero-order valence-corrected chi connectivity index (χ0v) is 18.6. The Bertz CT molecular complexity index is 799. The van der Waals surface area contributed by atoms with Gasteiger partial charge < -0.3 is 9.84 Å². The molecular weight excluding hydrogens is 406 g/mol. The summed E-state index contributed by atoms with van der Waals surface area (Å²) in [7, 11) is 3.04. The summed E-state index contributed by atoms with van der Waals surface area (Å²) in [5.41, 5.74) is 3.05. The van der Waals surface area contributed by atoms with Gasteiger partial charge in [-0.15, -0.1) is 0 Å². The number of carboxylic acid groups (broad SMARTS) is 1. The van der Waals surface area contributed by atoms with Crippen LogP contribution in [0.2, 0.25) is 0 Å². The number of carboxylic acids is 1. The van der Waals surface area contributed by atoms with Crippen LogP contribution in [0.4, 0.5) is 10.5 Å². The summed E-state index contributed by atoms with van der Waals surface area (Å²) in [6.45, 7) is 6.77. The number of ether oxygens (including phenoxy) is 1. The second kappa shape index (κ2) is 11.2. The number of anilines is 1. The number of rotatable bonds is 9. The largest absolute Gasteiger partial charge is 0.481 e. The van der Waals surface area contributed by atoms with Crippen LogP contribution in [0.1, 0.15) is 38.3 Å². The first-order valence-electron chi connectivity index (χ1n) is 9.34. The molecule has 0 saturated heterocycles. The van der Waals surface area contributed by atoms with Crippen molar-refractivity contribution in [3.63, 3.8) is 0 Å². The molecule has 2 rings (SSSR count). The predicted molar refractivity (Wildman–Crippen MR) is 120 cm³/mol. The first-order valence-corrected chi connectivity index (χ1v) is 11.7. The van der Waals surface area contributed by atoms with Crippen molar-refractivity contribution in [1.82, 2.24) is 0 Å². The van der Waals surface area contributed by atoms with Crippen LogP contribution in [0, 0.1) is 5.41 Å². The Balaban J connectivity index is 1.74. The third-order valence-corrected chi connectivity index (χ3v) is 6.17. The molecule has 0 spiro atoms. The second-order valence-corrected chi connectivity index (χ2v) is 10.3. The minimum absolute atomic E-state index is 0.151. The Kier molecular flexibility index (Phi) is 8.92. The molecular formula is C22H27NO4S2. The molecule has 2 N–H and O–H groups in total. The quantitative estimate of drug-likeness (QED) is 0.360. The highest BCUT2D eigenvalue weighted by atomic mass is 33.1. The third kappa shape index (κ3) is 9.76. The summed E-state index contributed by atoms with van der Waals surface area (Å²) in [5, 5.41) is 11.4. The topological polar surface area (TPSA) is 75.6 Å². The average Bonchev–Trinajstić information content (AvgIpc) is 2.65. The standard InChI is InChI=1S/C22H27NO4S2/c1-22(2,3)14-16-4-8-18(9-5-16)23-21(26)27-15-17-6-10-19(11-7-17)29-28-13-12-20(24)25/h4-11H,12-15H2,1-3H3,(H,23,26)(H,24,25). The van der Waals surface area contributed by atoms with Crippen molar-refractivity contribution in [2.24, 2.45) is 5.41 Å². The third-order valence-electron chi connectivity index (χ3n) is 3.78. The molecule has 0 unspecified atom stereocenters. The van der Waals surface area contributed by atoms with Crippen molar-refractivity contribution in [2.45, 2.75) is 45.1 Å². The second-order valence-electron chi connectivity index (χ2n) is 7.83. The van der Waals surface area contributed by atoms with E-state index < -0.39 is 12.1 Å². The minimum Gasteiger partial charge on any atom is -0.481 e. The number of aliphatic carboxylic acids is 1. The molecule has 5 nitrogen and oxygen atoms in total. The van der Waals surface area contributed by atoms with E-state index in [1.54, 1.807) is 0 Å². The van der Waals surface area contributed by atoms with E-state index >= 15 is 0 Å². The molecule has 7 heteroatoms. The average molecular weight is 434 g/mol. The summed E-state index contributed by atoms with van der Waals surface area (Å²) in [6, 6.07) is 15.5. The Morgan fingerprint density at radius 1 is 1.00 bits per heavy atom. The Morgan fingerprint density at radius 2 is 1.62 bits per heavy atom. The van der Waals surface area contributed by atoms with Crippen LogP contribution in [0.25, 0.3) is 0 Å². The van der Waals surface area contributed by atoms with E-state index in [4.69, 9.17) is 9.84 Å². The first-order chi connectivity index (χ1) is 13.7. The van der Waals surface area contributed by atoms with Crippen molar-refractivity contribution in [3.8, 4) is 0 Å². The maximum atomic E-state index is 12.0. The van der Waals surface area contributed by atoms with Crippen molar-refractivity contribution in [1.29, 1.82) is 0 Å². The van der Waals surface area contributed by atoms with E-state index in [2.05, 4.69) is 26.1 Å². The molecule has 0 aliphatic rings. The molecule has 156 valence electrons. The lowest BCUT2D eigenvalue weighted by Crippen LogP contribution is -2.13. The van der Waals surface area contributed by atoms with Crippen LogP contribution in [-0.2, 0) is 22.6 Å². The summed E-state index contributed by atoms with van der Waals surface area (Å²) in [4.78, 5) is 23.5. The molecule has 0 saturated carbocycles. The van der Waals surface area contributed by atoms with E-state index in [0.29, 0.717) is 11.4 Å². The van der Waals surface area contributed by atoms with Gasteiger partial charge in [-0.2, -0.15) is 0 Å². The van der Waals surface area contributed by atoms with Crippen LogP contribution in [0.3, 0.4) is 0 Å². The smallest absolute Gasteiger partial charge is 0.411 e. The molecule has 1 amide bonds. The number of amides is 1. The highest BCUT2D eigenvalue weighted by molar-refractivity contribution is 8.76. The number of benzene rings is 2. The van der Waals surface area contributed by atoms with Gasteiger partial charge in [0.2, 0.25) is 0 Å². The summed E-state index contributed by atoms with van der Waals surface area (Å²) in [5.74, 6) is -0.230. The van der Waals surface area contributed by atoms with Crippen molar-refractivity contribution in [2.75, 3.05) is 11.1 Å². The molecule has 0 aliphatic carbocycles. The van der Waals surface area contributed by atoms with Crippen LogP contribution in [0.15, 0.2) is 53.4 Å². The van der Waals surface area contributed by atoms with Crippen LogP contribution in [-0.4, -0.2) is 22.9 Å². The van der Waals surface area contributed by atoms with E-state index in [9.17, 15) is 9.59 Å². The van der Waals surface area contributed by atoms with E-state index in [0.717, 1.165) is 16.9 Å². The SMILES string of the molecule is CC(C)(C)Cc1ccc(NC(=O)OCc2ccc(SSCCC(=O)O)cc2)cc1. The fraction of sp³-hybridized carbons (Fsp3) is 0.364. The molecule has 2 aromatic carbocycles. The van der Waals surface area contributed by atoms with Crippen molar-refractivity contribution in [3.05, 3.63) is 59.7 Å². The zero-order chi connectivity index (χ0) is 21.3. The van der Waals surface area contributed by atoms with Crippen LogP contribution < -0.4 is 5.32 Å². The first kappa shape index (κ1) is 23.2. The number of hydrogen-bond donors (Lipinski definition) is 2. The molecule has 0 heterocycles. The Morgan fingerprint density at radius 3 is 2.21 bits per heavy atom. The highest BCUT2D eigenvalue weighted by Gasteiger charge is 2.11. The van der Waals surface area contributed by atoms with Gasteiger partial charge in [0.25, 0.3) is 0 Å². The molecule has 0 fully saturated rings. The van der Waals surface area contributed by atoms with E-state index in [1.807, 2.05) is 48.5 Å². The fourth-order valence-electron chi connectivity index (χ4n) is 2.50. The zero-order valence-electron chi connectivity index (χ0n) is 16.9. The Hall–Kier alpha value is -2.12. The van der Waals surface area contributed by atoms with E-state index in [1.165, 1.54) is 27.2 Å². The molecule has 0 bridgehead atoms. The molecule has 2 aromatic rings. The number of carbonyl (C=O) groups excluding carboxylic acids is 1. The van der Waals surface area contributed by atoms with Gasteiger partial charge in [0.15, 0.2) is 0 Å². The van der Waals surface area contributed by atoms with Gasteiger partial charge in [0.05, 0.1) is 6.42 Å². The molecule has 0 atom stereocenters. The number of carbonyl (C=O) groups is 2. The van der Waals surface area contributed by atoms with Gasteiger partial charge in [-0.3, -0.25) is 10.1 Å². The normalized spacial score (nSPS) is 11.1. The van der Waals surface area contributed by atoms with Crippen LogP contribution >= 0.6 is 21.6 Å². The molecule has 29 heavy (non-hydrogen) atoms. The molecule has 0 aromatic heterocycles. The number of hydrogen-bond acceptors (Lipinski definition) is 5. The number of nitrogens with one attached hydrogen (secondary N) is 1. The predicted octanol–water partition coefficient (Wildman–Crippen LogP) is 6.24. The maximum Gasteiger partial charge on any atom is 0.411 e. The summed E-state index contributed by atoms with van der Waals surface area (Å²) >= 11 is 0. The van der Waals surface area contributed by atoms with Gasteiger partial charge in [0, 0.05) is 16.3 Å². The van der Waals surface area contributed by atoms with Crippen LogP contribution in [0.5, 0.6) is 0 Å². The summed E-state index contributed by atoms with van der Waals surface area (Å²) < 4.78 is 5.28. The minimum atomic E-state index is -0.787. The van der Waals surface area contributed by atoms with Gasteiger partial charge in [-0.1, -0.05) is 66.6 Å². The van der Waals surface area contributed by atoms with E-state index in [-0.39, 0.29) is 18.4 Å². The van der Waals surface area contributed by atoms with Crippen molar-refractivity contribution < 1.29 is 19.4 Å². The fourth-order valence-corrected chi connectivity index (χ4v) is 4.47. The van der Waals surface area contributed by atoms with Crippen molar-refractivity contribution >= 4 is 39.3 Å². The lowest BCUT2D eigenvalue weighted by Gasteiger charge is -2.18. The molecule has 0 aliphatic heterocycles. The molecule has 0 radical (unpaired) electrons. The van der Waals surface area contributed by atoms with Gasteiger partial charge in [-0.05, 0) is 47.2 Å². The van der Waals surface area contributed by atoms with Gasteiger partial charge >= 0.3 is 12.1 Å². The lowest BCUT2D eigenvalue weighted by atomic mass is 9.88. The highest BCUT2D eigenvalue weighted by Crippen LogP contribution is 2.31. The lowest BCUT2D eigenvalue weighted by molar-refractivity contribution is -0.136.